The summed E-state index contributed by atoms with van der Waals surface area (Å²) in [5.74, 6) is 1.44. The van der Waals surface area contributed by atoms with Gasteiger partial charge in [-0.25, -0.2) is 0 Å². The Hall–Kier alpha value is -1.23. The number of rotatable bonds is 6. The van der Waals surface area contributed by atoms with Crippen molar-refractivity contribution in [2.75, 3.05) is 13.2 Å². The third-order valence-electron chi connectivity index (χ3n) is 2.64. The van der Waals surface area contributed by atoms with Gasteiger partial charge in [0.2, 0.25) is 0 Å². The third kappa shape index (κ3) is 4.40. The zero-order valence-electron chi connectivity index (χ0n) is 10.8. The van der Waals surface area contributed by atoms with Crippen LogP contribution >= 0.6 is 27.5 Å². The van der Waals surface area contributed by atoms with Gasteiger partial charge in [0.05, 0.1) is 5.02 Å². The number of halogens is 2. The van der Waals surface area contributed by atoms with Gasteiger partial charge in [0.15, 0.2) is 0 Å². The first-order chi connectivity index (χ1) is 9.69. The minimum atomic E-state index is 0.425. The molecule has 2 aromatic rings. The SMILES string of the molecule is NCc1cccc(OCCOc2ccc(Br)cc2Cl)c1. The van der Waals surface area contributed by atoms with E-state index < -0.39 is 0 Å². The smallest absolute Gasteiger partial charge is 0.138 e. The Morgan fingerprint density at radius 3 is 2.60 bits per heavy atom. The molecule has 0 saturated carbocycles. The van der Waals surface area contributed by atoms with E-state index in [0.29, 0.717) is 30.5 Å². The van der Waals surface area contributed by atoms with Gasteiger partial charge < -0.3 is 15.2 Å². The van der Waals surface area contributed by atoms with Gasteiger partial charge >= 0.3 is 0 Å². The third-order valence-corrected chi connectivity index (χ3v) is 3.43. The maximum Gasteiger partial charge on any atom is 0.138 e. The minimum Gasteiger partial charge on any atom is -0.490 e. The molecule has 20 heavy (non-hydrogen) atoms. The normalized spacial score (nSPS) is 10.3. The van der Waals surface area contributed by atoms with E-state index in [4.69, 9.17) is 26.8 Å². The standard InChI is InChI=1S/C15H15BrClNO2/c16-12-4-5-15(14(17)9-12)20-7-6-19-13-3-1-2-11(8-13)10-18/h1-5,8-9H,6-7,10,18H2. The van der Waals surface area contributed by atoms with Crippen LogP contribution in [0.3, 0.4) is 0 Å². The molecular weight excluding hydrogens is 342 g/mol. The molecule has 0 saturated heterocycles. The second kappa shape index (κ2) is 7.53. The van der Waals surface area contributed by atoms with Crippen molar-refractivity contribution in [1.82, 2.24) is 0 Å². The molecule has 0 heterocycles. The van der Waals surface area contributed by atoms with E-state index in [0.717, 1.165) is 15.8 Å². The molecule has 106 valence electrons. The fourth-order valence-electron chi connectivity index (χ4n) is 1.67. The average molecular weight is 357 g/mol. The Balaban J connectivity index is 1.81. The molecule has 0 unspecified atom stereocenters. The fourth-order valence-corrected chi connectivity index (χ4v) is 2.39. The van der Waals surface area contributed by atoms with Crippen LogP contribution in [0.5, 0.6) is 11.5 Å². The van der Waals surface area contributed by atoms with Gasteiger partial charge in [-0.3, -0.25) is 0 Å². The average Bonchev–Trinajstić information content (AvgIpc) is 2.45. The number of hydrogen-bond donors (Lipinski definition) is 1. The van der Waals surface area contributed by atoms with Gasteiger partial charge in [-0.2, -0.15) is 0 Å². The van der Waals surface area contributed by atoms with Gasteiger partial charge in [-0.1, -0.05) is 39.7 Å². The van der Waals surface area contributed by atoms with Gasteiger partial charge in [0.1, 0.15) is 24.7 Å². The van der Waals surface area contributed by atoms with E-state index in [1.807, 2.05) is 36.4 Å². The van der Waals surface area contributed by atoms with Crippen LogP contribution in [0.1, 0.15) is 5.56 Å². The van der Waals surface area contributed by atoms with Crippen LogP contribution in [0.15, 0.2) is 46.9 Å². The summed E-state index contributed by atoms with van der Waals surface area (Å²) in [4.78, 5) is 0. The zero-order valence-corrected chi connectivity index (χ0v) is 13.2. The van der Waals surface area contributed by atoms with E-state index in [2.05, 4.69) is 15.9 Å². The van der Waals surface area contributed by atoms with Crippen LogP contribution in [0.4, 0.5) is 0 Å². The van der Waals surface area contributed by atoms with Crippen molar-refractivity contribution in [1.29, 1.82) is 0 Å². The van der Waals surface area contributed by atoms with E-state index in [1.165, 1.54) is 0 Å². The van der Waals surface area contributed by atoms with Gasteiger partial charge in [0.25, 0.3) is 0 Å². The molecule has 2 N–H and O–H groups in total. The van der Waals surface area contributed by atoms with E-state index in [-0.39, 0.29) is 0 Å². The highest BCUT2D eigenvalue weighted by atomic mass is 79.9. The summed E-state index contributed by atoms with van der Waals surface area (Å²) in [5.41, 5.74) is 6.62. The second-order valence-corrected chi connectivity index (χ2v) is 5.45. The van der Waals surface area contributed by atoms with Crippen molar-refractivity contribution in [3.63, 3.8) is 0 Å². The molecular formula is C15H15BrClNO2. The maximum absolute atomic E-state index is 6.06. The summed E-state index contributed by atoms with van der Waals surface area (Å²) in [6, 6.07) is 13.2. The van der Waals surface area contributed by atoms with Crippen molar-refractivity contribution < 1.29 is 9.47 Å². The summed E-state index contributed by atoms with van der Waals surface area (Å²) in [5, 5.41) is 0.574. The van der Waals surface area contributed by atoms with Gasteiger partial charge in [-0.05, 0) is 35.9 Å². The number of ether oxygens (including phenoxy) is 2. The summed E-state index contributed by atoms with van der Waals surface area (Å²) in [6.45, 7) is 1.37. The Kier molecular flexibility index (Phi) is 5.71. The van der Waals surface area contributed by atoms with E-state index >= 15 is 0 Å². The first kappa shape index (κ1) is 15.2. The molecule has 0 fully saturated rings. The molecule has 0 bridgehead atoms. The number of hydrogen-bond acceptors (Lipinski definition) is 3. The summed E-state index contributed by atoms with van der Waals surface area (Å²) < 4.78 is 12.1. The van der Waals surface area contributed by atoms with Crippen molar-refractivity contribution in [2.24, 2.45) is 5.73 Å². The predicted molar refractivity (Wildman–Crippen MR) is 84.5 cm³/mol. The highest BCUT2D eigenvalue weighted by molar-refractivity contribution is 9.10. The largest absolute Gasteiger partial charge is 0.490 e. The lowest BCUT2D eigenvalue weighted by molar-refractivity contribution is 0.217. The topological polar surface area (TPSA) is 44.5 Å². The van der Waals surface area contributed by atoms with E-state index in [1.54, 1.807) is 6.07 Å². The molecule has 0 atom stereocenters. The first-order valence-electron chi connectivity index (χ1n) is 6.18. The molecule has 0 spiro atoms. The predicted octanol–water partition coefficient (Wildman–Crippen LogP) is 4.02. The second-order valence-electron chi connectivity index (χ2n) is 4.12. The van der Waals surface area contributed by atoms with Crippen LogP contribution < -0.4 is 15.2 Å². The molecule has 5 heteroatoms. The van der Waals surface area contributed by atoms with Crippen molar-refractivity contribution >= 4 is 27.5 Å². The van der Waals surface area contributed by atoms with Crippen LogP contribution in [0, 0.1) is 0 Å². The number of benzene rings is 2. The van der Waals surface area contributed by atoms with Gasteiger partial charge in [0, 0.05) is 11.0 Å². The molecule has 0 aromatic heterocycles. The summed E-state index contributed by atoms with van der Waals surface area (Å²) in [7, 11) is 0. The zero-order chi connectivity index (χ0) is 14.4. The lowest BCUT2D eigenvalue weighted by atomic mass is 10.2. The molecule has 0 aliphatic heterocycles. The van der Waals surface area contributed by atoms with Crippen molar-refractivity contribution in [3.8, 4) is 11.5 Å². The lowest BCUT2D eigenvalue weighted by Gasteiger charge is -2.10. The Labute approximate surface area is 131 Å². The van der Waals surface area contributed by atoms with Crippen LogP contribution in [0.25, 0.3) is 0 Å². The molecule has 3 nitrogen and oxygen atoms in total. The highest BCUT2D eigenvalue weighted by Crippen LogP contribution is 2.27. The molecule has 0 radical (unpaired) electrons. The van der Waals surface area contributed by atoms with E-state index in [9.17, 15) is 0 Å². The first-order valence-corrected chi connectivity index (χ1v) is 7.36. The highest BCUT2D eigenvalue weighted by Gasteiger charge is 2.02. The Bertz CT molecular complexity index is 578. The van der Waals surface area contributed by atoms with Crippen LogP contribution in [-0.2, 0) is 6.54 Å². The number of nitrogens with two attached hydrogens (primary N) is 1. The van der Waals surface area contributed by atoms with Gasteiger partial charge in [-0.15, -0.1) is 0 Å². The van der Waals surface area contributed by atoms with Crippen molar-refractivity contribution in [2.45, 2.75) is 6.54 Å². The van der Waals surface area contributed by atoms with Crippen LogP contribution in [-0.4, -0.2) is 13.2 Å². The fraction of sp³-hybridized carbons (Fsp3) is 0.200. The Morgan fingerprint density at radius 1 is 1.05 bits per heavy atom. The molecule has 0 aliphatic rings. The molecule has 2 rings (SSSR count). The maximum atomic E-state index is 6.06. The minimum absolute atomic E-state index is 0.425. The molecule has 0 amide bonds. The lowest BCUT2D eigenvalue weighted by Crippen LogP contribution is -2.09. The quantitative estimate of drug-likeness (QED) is 0.795. The summed E-state index contributed by atoms with van der Waals surface area (Å²) >= 11 is 9.40. The summed E-state index contributed by atoms with van der Waals surface area (Å²) in [6.07, 6.45) is 0. The molecule has 2 aromatic carbocycles. The Morgan fingerprint density at radius 2 is 1.85 bits per heavy atom. The molecule has 0 aliphatic carbocycles. The van der Waals surface area contributed by atoms with Crippen molar-refractivity contribution in [3.05, 3.63) is 57.5 Å². The monoisotopic (exact) mass is 355 g/mol. The van der Waals surface area contributed by atoms with Crippen LogP contribution in [0.2, 0.25) is 5.02 Å².